The van der Waals surface area contributed by atoms with E-state index in [2.05, 4.69) is 41.0 Å². The van der Waals surface area contributed by atoms with Crippen molar-refractivity contribution in [3.8, 4) is 33.9 Å². The van der Waals surface area contributed by atoms with Gasteiger partial charge in [-0.3, -0.25) is 0 Å². The lowest BCUT2D eigenvalue weighted by Crippen LogP contribution is -2.34. The highest BCUT2D eigenvalue weighted by Crippen LogP contribution is 2.35. The van der Waals surface area contributed by atoms with Gasteiger partial charge < -0.3 is 14.7 Å². The predicted molar refractivity (Wildman–Crippen MR) is 128 cm³/mol. The lowest BCUT2D eigenvalue weighted by atomic mass is 9.98. The van der Waals surface area contributed by atoms with E-state index >= 15 is 0 Å². The lowest BCUT2D eigenvalue weighted by molar-refractivity contribution is 0.378. The van der Waals surface area contributed by atoms with Gasteiger partial charge >= 0.3 is 0 Å². The number of ether oxygens (including phenoxy) is 1. The smallest absolute Gasteiger partial charge is 0.255 e. The van der Waals surface area contributed by atoms with Crippen molar-refractivity contribution in [2.45, 2.75) is 45.6 Å². The fourth-order valence-corrected chi connectivity index (χ4v) is 4.65. The van der Waals surface area contributed by atoms with Crippen LogP contribution in [0.4, 0.5) is 10.2 Å². The molecule has 0 aliphatic heterocycles. The number of phenolic OH excluding ortho intramolecular Hbond substituents is 1. The Kier molecular flexibility index (Phi) is 6.77. The number of pyridine rings is 1. The van der Waals surface area contributed by atoms with Gasteiger partial charge in [-0.2, -0.15) is 4.39 Å². The van der Waals surface area contributed by atoms with Crippen molar-refractivity contribution in [3.05, 3.63) is 48.5 Å². The van der Waals surface area contributed by atoms with E-state index < -0.39 is 5.95 Å². The quantitative estimate of drug-likeness (QED) is 0.397. The van der Waals surface area contributed by atoms with Gasteiger partial charge in [0.15, 0.2) is 11.6 Å². The zero-order valence-corrected chi connectivity index (χ0v) is 19.6. The van der Waals surface area contributed by atoms with Crippen LogP contribution in [-0.4, -0.2) is 40.5 Å². The molecule has 0 spiro atoms. The number of aromatic nitrogens is 3. The SMILES string of the molecule is COc1cc(-c2ccc(-c3ccc(N(C)C4C[C@H](C)CC[C@H](C)C4)nn3)c(O)c2)cnc1F. The number of benzene rings is 1. The molecule has 1 unspecified atom stereocenters. The van der Waals surface area contributed by atoms with E-state index in [9.17, 15) is 9.50 Å². The fraction of sp³-hybridized carbons (Fsp3) is 0.423. The normalized spacial score (nSPS) is 20.8. The Balaban J connectivity index is 1.54. The number of halogens is 1. The highest BCUT2D eigenvalue weighted by molar-refractivity contribution is 5.74. The molecule has 1 saturated carbocycles. The van der Waals surface area contributed by atoms with E-state index in [1.54, 1.807) is 18.2 Å². The van der Waals surface area contributed by atoms with Crippen LogP contribution in [0.1, 0.15) is 39.5 Å². The Morgan fingerprint density at radius 1 is 1.00 bits per heavy atom. The lowest BCUT2D eigenvalue weighted by Gasteiger charge is -2.30. The first kappa shape index (κ1) is 23.0. The molecule has 1 aliphatic carbocycles. The summed E-state index contributed by atoms with van der Waals surface area (Å²) in [5.41, 5.74) is 2.51. The molecule has 6 nitrogen and oxygen atoms in total. The zero-order chi connectivity index (χ0) is 23.5. The van der Waals surface area contributed by atoms with Crippen molar-refractivity contribution in [2.75, 3.05) is 19.1 Å². The Morgan fingerprint density at radius 3 is 2.33 bits per heavy atom. The molecule has 1 N–H and O–H groups in total. The molecule has 7 heteroatoms. The second-order valence-corrected chi connectivity index (χ2v) is 9.25. The molecule has 0 bridgehead atoms. The van der Waals surface area contributed by atoms with Crippen molar-refractivity contribution in [1.82, 2.24) is 15.2 Å². The Morgan fingerprint density at radius 2 is 1.73 bits per heavy atom. The maximum Gasteiger partial charge on any atom is 0.255 e. The number of phenols is 1. The summed E-state index contributed by atoms with van der Waals surface area (Å²) in [5, 5.41) is 19.5. The molecule has 0 amide bonds. The van der Waals surface area contributed by atoms with Gasteiger partial charge in [-0.05, 0) is 60.6 Å². The molecule has 0 radical (unpaired) electrons. The number of hydrogen-bond donors (Lipinski definition) is 1. The molecule has 3 aromatic rings. The van der Waals surface area contributed by atoms with E-state index in [-0.39, 0.29) is 11.5 Å². The van der Waals surface area contributed by atoms with Crippen molar-refractivity contribution in [2.24, 2.45) is 11.8 Å². The third kappa shape index (κ3) is 5.07. The van der Waals surface area contributed by atoms with Crippen LogP contribution in [0, 0.1) is 17.8 Å². The average molecular weight is 451 g/mol. The standard InChI is InChI=1S/C26H31FN4O2/c1-16-5-6-17(2)12-20(11-16)31(3)25-10-9-22(29-30-25)21-8-7-18(13-23(21)32)19-14-24(33-4)26(27)28-15-19/h7-10,13-17,20,32H,5-6,11-12H2,1-4H3/t16-,17+,20?. The number of rotatable bonds is 5. The van der Waals surface area contributed by atoms with Gasteiger partial charge in [-0.15, -0.1) is 10.2 Å². The Bertz CT molecular complexity index is 1090. The topological polar surface area (TPSA) is 71.4 Å². The molecule has 33 heavy (non-hydrogen) atoms. The minimum atomic E-state index is -0.671. The van der Waals surface area contributed by atoms with E-state index in [4.69, 9.17) is 4.74 Å². The molecular weight excluding hydrogens is 419 g/mol. The van der Waals surface area contributed by atoms with Crippen LogP contribution in [0.3, 0.4) is 0 Å². The summed E-state index contributed by atoms with van der Waals surface area (Å²) in [6.45, 7) is 4.66. The predicted octanol–water partition coefficient (Wildman–Crippen LogP) is 5.71. The van der Waals surface area contributed by atoms with E-state index in [0.717, 1.165) is 18.7 Å². The van der Waals surface area contributed by atoms with Crippen molar-refractivity contribution in [3.63, 3.8) is 0 Å². The molecule has 4 rings (SSSR count). The van der Waals surface area contributed by atoms with Gasteiger partial charge in [-0.25, -0.2) is 4.98 Å². The average Bonchev–Trinajstić information content (AvgIpc) is 2.99. The molecule has 1 fully saturated rings. The molecule has 174 valence electrons. The van der Waals surface area contributed by atoms with Gasteiger partial charge in [-0.1, -0.05) is 32.8 Å². The Labute approximate surface area is 194 Å². The monoisotopic (exact) mass is 450 g/mol. The summed E-state index contributed by atoms with van der Waals surface area (Å²) in [6.07, 6.45) is 6.30. The maximum absolute atomic E-state index is 13.6. The molecule has 2 aromatic heterocycles. The first-order valence-electron chi connectivity index (χ1n) is 11.5. The van der Waals surface area contributed by atoms with Crippen LogP contribution in [0.5, 0.6) is 11.5 Å². The van der Waals surface area contributed by atoms with Crippen LogP contribution in [0.15, 0.2) is 42.6 Å². The number of anilines is 1. The summed E-state index contributed by atoms with van der Waals surface area (Å²) in [7, 11) is 3.48. The van der Waals surface area contributed by atoms with E-state index in [1.807, 2.05) is 18.2 Å². The second-order valence-electron chi connectivity index (χ2n) is 9.25. The molecule has 1 aromatic carbocycles. The van der Waals surface area contributed by atoms with Crippen LogP contribution in [0.2, 0.25) is 0 Å². The van der Waals surface area contributed by atoms with Crippen molar-refractivity contribution in [1.29, 1.82) is 0 Å². The van der Waals surface area contributed by atoms with E-state index in [1.165, 1.54) is 26.1 Å². The zero-order valence-electron chi connectivity index (χ0n) is 19.6. The van der Waals surface area contributed by atoms with Gasteiger partial charge in [0.2, 0.25) is 0 Å². The summed E-state index contributed by atoms with van der Waals surface area (Å²) in [4.78, 5) is 5.96. The Hall–Kier alpha value is -3.22. The van der Waals surface area contributed by atoms with Crippen LogP contribution < -0.4 is 9.64 Å². The van der Waals surface area contributed by atoms with Gasteiger partial charge in [0.05, 0.1) is 12.8 Å². The van der Waals surface area contributed by atoms with Gasteiger partial charge in [0, 0.05) is 30.4 Å². The number of nitrogens with zero attached hydrogens (tertiary/aromatic N) is 4. The molecule has 2 heterocycles. The van der Waals surface area contributed by atoms with Gasteiger partial charge in [0.25, 0.3) is 5.95 Å². The summed E-state index contributed by atoms with van der Waals surface area (Å²) in [5.74, 6) is 1.71. The first-order valence-corrected chi connectivity index (χ1v) is 11.5. The minimum Gasteiger partial charge on any atom is -0.507 e. The molecule has 0 saturated heterocycles. The van der Waals surface area contributed by atoms with Crippen LogP contribution >= 0.6 is 0 Å². The molecular formula is C26H31FN4O2. The molecule has 3 atom stereocenters. The highest BCUT2D eigenvalue weighted by Gasteiger charge is 2.25. The van der Waals surface area contributed by atoms with Crippen molar-refractivity contribution < 1.29 is 14.2 Å². The second kappa shape index (κ2) is 9.73. The third-order valence-electron chi connectivity index (χ3n) is 6.69. The van der Waals surface area contributed by atoms with Crippen LogP contribution in [-0.2, 0) is 0 Å². The fourth-order valence-electron chi connectivity index (χ4n) is 4.65. The van der Waals surface area contributed by atoms with Gasteiger partial charge in [0.1, 0.15) is 5.75 Å². The summed E-state index contributed by atoms with van der Waals surface area (Å²) >= 11 is 0. The third-order valence-corrected chi connectivity index (χ3v) is 6.69. The maximum atomic E-state index is 13.6. The minimum absolute atomic E-state index is 0.0547. The number of methoxy groups -OCH3 is 1. The molecule has 1 aliphatic rings. The largest absolute Gasteiger partial charge is 0.507 e. The van der Waals surface area contributed by atoms with Crippen molar-refractivity contribution >= 4 is 5.82 Å². The summed E-state index contributed by atoms with van der Waals surface area (Å²) in [6, 6.07) is 11.1. The number of aromatic hydroxyl groups is 1. The van der Waals surface area contributed by atoms with Crippen LogP contribution in [0.25, 0.3) is 22.4 Å². The van der Waals surface area contributed by atoms with E-state index in [0.29, 0.717) is 40.3 Å². The number of hydrogen-bond acceptors (Lipinski definition) is 6. The highest BCUT2D eigenvalue weighted by atomic mass is 19.1. The first-order chi connectivity index (χ1) is 15.9. The summed E-state index contributed by atoms with van der Waals surface area (Å²) < 4.78 is 18.6.